The zero-order valence-corrected chi connectivity index (χ0v) is 23.7. The molecular formula is C31H37FN7O3+. The van der Waals surface area contributed by atoms with Crippen LogP contribution in [0.5, 0.6) is 0 Å². The molecule has 1 aliphatic heterocycles. The van der Waals surface area contributed by atoms with Gasteiger partial charge in [0, 0.05) is 40.0 Å². The van der Waals surface area contributed by atoms with Crippen LogP contribution in [-0.4, -0.2) is 82.2 Å². The molecule has 42 heavy (non-hydrogen) atoms. The first kappa shape index (κ1) is 29.3. The third-order valence-corrected chi connectivity index (χ3v) is 8.10. The zero-order chi connectivity index (χ0) is 29.7. The van der Waals surface area contributed by atoms with Crippen LogP contribution in [-0.2, 0) is 4.79 Å². The number of primary amides is 1. The number of nitrogens with one attached hydrogen (secondary N) is 2. The lowest BCUT2D eigenvalue weighted by Crippen LogP contribution is -2.62. The number of amides is 4. The van der Waals surface area contributed by atoms with Gasteiger partial charge in [-0.3, -0.25) is 9.59 Å². The van der Waals surface area contributed by atoms with E-state index in [-0.39, 0.29) is 38.0 Å². The fourth-order valence-electron chi connectivity index (χ4n) is 5.36. The van der Waals surface area contributed by atoms with Gasteiger partial charge in [0.05, 0.1) is 13.1 Å². The molecule has 3 atom stereocenters. The predicted octanol–water partition coefficient (Wildman–Crippen LogP) is 3.10. The highest BCUT2D eigenvalue weighted by molar-refractivity contribution is 5.97. The van der Waals surface area contributed by atoms with Gasteiger partial charge < -0.3 is 21.3 Å². The second kappa shape index (κ2) is 12.7. The maximum absolute atomic E-state index is 14.7. The van der Waals surface area contributed by atoms with Gasteiger partial charge in [0.25, 0.3) is 5.91 Å². The van der Waals surface area contributed by atoms with Gasteiger partial charge in [-0.2, -0.15) is 0 Å². The van der Waals surface area contributed by atoms with Gasteiger partial charge in [0.2, 0.25) is 5.91 Å². The number of rotatable bonds is 10. The Balaban J connectivity index is 1.19. The number of aryl methyl sites for hydroxylation is 1. The maximum atomic E-state index is 14.7. The Morgan fingerprint density at radius 3 is 2.36 bits per heavy atom. The predicted molar refractivity (Wildman–Crippen MR) is 156 cm³/mol. The Morgan fingerprint density at radius 2 is 1.71 bits per heavy atom. The fraction of sp³-hybridized carbons (Fsp3) is 0.387. The number of hydrogen-bond acceptors (Lipinski definition) is 6. The molecule has 11 heteroatoms. The van der Waals surface area contributed by atoms with E-state index in [0.29, 0.717) is 42.7 Å². The summed E-state index contributed by atoms with van der Waals surface area (Å²) in [6.45, 7) is 2.42. The van der Waals surface area contributed by atoms with Crippen LogP contribution in [0.3, 0.4) is 0 Å². The van der Waals surface area contributed by atoms with Crippen molar-refractivity contribution in [2.75, 3.05) is 32.7 Å². The van der Waals surface area contributed by atoms with Gasteiger partial charge in [-0.05, 0) is 61.2 Å². The van der Waals surface area contributed by atoms with E-state index < -0.39 is 16.8 Å². The second-order valence-electron chi connectivity index (χ2n) is 11.1. The number of halogens is 1. The van der Waals surface area contributed by atoms with Gasteiger partial charge in [-0.25, -0.2) is 14.8 Å². The number of urea groups is 1. The highest BCUT2D eigenvalue weighted by atomic mass is 19.2. The molecule has 220 valence electrons. The molecule has 5 rings (SSSR count). The summed E-state index contributed by atoms with van der Waals surface area (Å²) in [5.74, 6) is 0.365. The molecule has 4 amide bonds. The van der Waals surface area contributed by atoms with Crippen molar-refractivity contribution in [2.24, 2.45) is 5.73 Å². The number of nitrogens with two attached hydrogens (primary N) is 1. The summed E-state index contributed by atoms with van der Waals surface area (Å²) in [5, 5.41) is 6.47. The van der Waals surface area contributed by atoms with Crippen molar-refractivity contribution < 1.29 is 23.6 Å². The molecule has 2 aliphatic rings. The third-order valence-electron chi connectivity index (χ3n) is 8.10. The lowest BCUT2D eigenvalue weighted by molar-refractivity contribution is -0.990. The van der Waals surface area contributed by atoms with E-state index in [1.807, 2.05) is 0 Å². The van der Waals surface area contributed by atoms with Gasteiger partial charge in [0.15, 0.2) is 5.82 Å². The van der Waals surface area contributed by atoms with E-state index in [0.717, 1.165) is 12.0 Å². The highest BCUT2D eigenvalue weighted by Crippen LogP contribution is 2.40. The van der Waals surface area contributed by atoms with E-state index in [1.165, 1.54) is 16.0 Å². The molecule has 0 unspecified atom stereocenters. The fourth-order valence-corrected chi connectivity index (χ4v) is 5.36. The molecular weight excluding hydrogens is 537 g/mol. The molecule has 4 N–H and O–H groups in total. The summed E-state index contributed by atoms with van der Waals surface area (Å²) in [6.07, 6.45) is 5.45. The van der Waals surface area contributed by atoms with Crippen LogP contribution in [0.4, 0.5) is 9.28 Å². The molecule has 2 fully saturated rings. The first-order valence-corrected chi connectivity index (χ1v) is 14.4. The lowest BCUT2D eigenvalue weighted by atomic mass is 10.1. The summed E-state index contributed by atoms with van der Waals surface area (Å²) in [6, 6.07) is 15.7. The molecule has 1 saturated heterocycles. The summed E-state index contributed by atoms with van der Waals surface area (Å²) in [5.41, 5.74) is 8.94. The van der Waals surface area contributed by atoms with Gasteiger partial charge in [-0.1, -0.05) is 42.0 Å². The Labute approximate surface area is 244 Å². The van der Waals surface area contributed by atoms with Crippen molar-refractivity contribution in [1.82, 2.24) is 25.5 Å². The molecule has 10 nitrogen and oxygen atoms in total. The third kappa shape index (κ3) is 6.97. The summed E-state index contributed by atoms with van der Waals surface area (Å²) >= 11 is 0. The summed E-state index contributed by atoms with van der Waals surface area (Å²) in [4.78, 5) is 48.2. The van der Waals surface area contributed by atoms with Crippen molar-refractivity contribution in [3.8, 4) is 11.4 Å². The number of nitrogens with zero attached hydrogens (tertiary/aromatic N) is 4. The number of benzene rings is 2. The molecule has 3 aromatic rings. The molecule has 1 aliphatic carbocycles. The molecule has 1 aromatic heterocycles. The molecule has 2 aromatic carbocycles. The minimum atomic E-state index is -1.40. The zero-order valence-electron chi connectivity index (χ0n) is 23.7. The topological polar surface area (TPSA) is 130 Å². The van der Waals surface area contributed by atoms with Crippen molar-refractivity contribution in [1.29, 1.82) is 0 Å². The van der Waals surface area contributed by atoms with Crippen LogP contribution in [0.15, 0.2) is 67.0 Å². The molecule has 0 radical (unpaired) electrons. The van der Waals surface area contributed by atoms with Crippen LogP contribution >= 0.6 is 0 Å². The van der Waals surface area contributed by atoms with Crippen LogP contribution in [0.25, 0.3) is 11.4 Å². The number of carbonyl (C=O) groups excluding carboxylic acids is 3. The Morgan fingerprint density at radius 1 is 1.05 bits per heavy atom. The van der Waals surface area contributed by atoms with Crippen LogP contribution in [0, 0.1) is 6.92 Å². The highest BCUT2D eigenvalue weighted by Gasteiger charge is 2.43. The number of quaternary nitrogens is 1. The van der Waals surface area contributed by atoms with Crippen molar-refractivity contribution >= 4 is 17.8 Å². The van der Waals surface area contributed by atoms with Crippen LogP contribution < -0.4 is 16.4 Å². The Bertz CT molecular complexity index is 1390. The Hall–Kier alpha value is -4.22. The summed E-state index contributed by atoms with van der Waals surface area (Å²) in [7, 11) is 0. The summed E-state index contributed by atoms with van der Waals surface area (Å²) < 4.78 is 13.3. The van der Waals surface area contributed by atoms with E-state index in [1.54, 1.807) is 42.7 Å². The normalized spacial score (nSPS) is 20.0. The van der Waals surface area contributed by atoms with Crippen molar-refractivity contribution in [3.05, 3.63) is 83.7 Å². The van der Waals surface area contributed by atoms with Crippen LogP contribution in [0.2, 0.25) is 0 Å². The number of hydrogen-bond donors (Lipinski definition) is 3. The first-order chi connectivity index (χ1) is 20.2. The van der Waals surface area contributed by atoms with Gasteiger partial charge in [-0.15, -0.1) is 0 Å². The van der Waals surface area contributed by atoms with Crippen LogP contribution in [0.1, 0.15) is 46.7 Å². The molecule has 0 spiro atoms. The Kier molecular flexibility index (Phi) is 8.89. The minimum absolute atomic E-state index is 0.0367. The number of piperazine rings is 1. The molecule has 0 bridgehead atoms. The molecule has 2 heterocycles. The average molecular weight is 575 g/mol. The largest absolute Gasteiger partial charge is 0.452 e. The van der Waals surface area contributed by atoms with E-state index in [2.05, 4.69) is 51.8 Å². The molecule has 1 saturated carbocycles. The quantitative estimate of drug-likeness (QED) is 0.252. The number of carbonyl (C=O) groups is 3. The lowest BCUT2D eigenvalue weighted by Gasteiger charge is -2.35. The van der Waals surface area contributed by atoms with Gasteiger partial charge in [0.1, 0.15) is 19.1 Å². The van der Waals surface area contributed by atoms with Crippen molar-refractivity contribution in [2.45, 2.75) is 44.2 Å². The second-order valence-corrected chi connectivity index (χ2v) is 11.1. The first-order valence-electron chi connectivity index (χ1n) is 14.4. The standard InChI is InChI=1S/C31H36FN7O3/c1-21-5-7-22(8-6-21)25-20-27(25)34-13-2-4-26(30(41)38-16-18-39(32,19-17-38)31(33)42)37-29(40)24-11-9-23(10-12-24)28-35-14-3-15-36-28/h3,5-12,14-15,25-27,34H,2,4,13,16-20H2,1H3,(H2-,33,37,40,42)/p+1/t25-,26-,27+/m0/s1. The van der Waals surface area contributed by atoms with Crippen molar-refractivity contribution in [3.63, 3.8) is 0 Å². The van der Waals surface area contributed by atoms with Gasteiger partial charge >= 0.3 is 6.03 Å². The van der Waals surface area contributed by atoms with E-state index in [4.69, 9.17) is 5.73 Å². The SMILES string of the molecule is Cc1ccc([C@@H]2C[C@H]2NCCC[C@H](NC(=O)c2ccc(-c3ncccn3)cc2)C(=O)N2CC[N+](F)(C(N)=O)CC2)cc1. The maximum Gasteiger partial charge on any atom is 0.452 e. The smallest absolute Gasteiger partial charge is 0.340 e. The minimum Gasteiger partial charge on any atom is -0.340 e. The number of aromatic nitrogens is 2. The van der Waals surface area contributed by atoms with E-state index in [9.17, 15) is 18.9 Å². The monoisotopic (exact) mass is 574 g/mol. The van der Waals surface area contributed by atoms with E-state index >= 15 is 0 Å². The average Bonchev–Trinajstić information content (AvgIpc) is 3.79.